The van der Waals surface area contributed by atoms with Gasteiger partial charge in [0.25, 0.3) is 0 Å². The van der Waals surface area contributed by atoms with Crippen molar-refractivity contribution >= 4 is 11.6 Å². The number of anilines is 1. The van der Waals surface area contributed by atoms with E-state index in [1.807, 2.05) is 19.1 Å². The van der Waals surface area contributed by atoms with Crippen molar-refractivity contribution in [2.45, 2.75) is 44.7 Å². The molecule has 1 saturated carbocycles. The van der Waals surface area contributed by atoms with Gasteiger partial charge in [-0.3, -0.25) is 14.6 Å². The van der Waals surface area contributed by atoms with E-state index in [-0.39, 0.29) is 11.9 Å². The molecule has 6 nitrogen and oxygen atoms in total. The monoisotopic (exact) mass is 361 g/mol. The zero-order valence-electron chi connectivity index (χ0n) is 16.2. The van der Waals surface area contributed by atoms with Gasteiger partial charge in [0.05, 0.1) is 25.9 Å². The molecule has 26 heavy (non-hydrogen) atoms. The van der Waals surface area contributed by atoms with Crippen molar-refractivity contribution < 1.29 is 14.3 Å². The molecule has 2 fully saturated rings. The van der Waals surface area contributed by atoms with E-state index in [0.717, 1.165) is 32.2 Å². The molecule has 0 spiro atoms. The Balaban J connectivity index is 1.55. The van der Waals surface area contributed by atoms with Crippen LogP contribution < -0.4 is 14.8 Å². The number of carbonyl (C=O) groups is 1. The van der Waals surface area contributed by atoms with Gasteiger partial charge in [0, 0.05) is 38.3 Å². The molecule has 2 aliphatic rings. The lowest BCUT2D eigenvalue weighted by Crippen LogP contribution is -2.54. The maximum absolute atomic E-state index is 12.7. The first-order valence-electron chi connectivity index (χ1n) is 9.63. The second kappa shape index (κ2) is 8.73. The third-order valence-electron chi connectivity index (χ3n) is 5.78. The number of benzene rings is 1. The molecule has 1 heterocycles. The molecule has 0 radical (unpaired) electrons. The molecule has 1 aromatic rings. The topological polar surface area (TPSA) is 54.0 Å². The Morgan fingerprint density at radius 3 is 2.42 bits per heavy atom. The van der Waals surface area contributed by atoms with Gasteiger partial charge in [-0.15, -0.1) is 0 Å². The Hall–Kier alpha value is -1.79. The molecule has 1 amide bonds. The third-order valence-corrected chi connectivity index (χ3v) is 5.78. The zero-order chi connectivity index (χ0) is 18.5. The molecule has 1 saturated heterocycles. The summed E-state index contributed by atoms with van der Waals surface area (Å²) < 4.78 is 10.6. The van der Waals surface area contributed by atoms with Crippen molar-refractivity contribution in [2.75, 3.05) is 45.7 Å². The van der Waals surface area contributed by atoms with Gasteiger partial charge in [-0.2, -0.15) is 0 Å². The van der Waals surface area contributed by atoms with Crippen LogP contribution in [0.4, 0.5) is 5.69 Å². The van der Waals surface area contributed by atoms with E-state index in [9.17, 15) is 4.79 Å². The maximum Gasteiger partial charge on any atom is 0.241 e. The zero-order valence-corrected chi connectivity index (χ0v) is 16.2. The van der Waals surface area contributed by atoms with Crippen molar-refractivity contribution in [1.82, 2.24) is 9.80 Å². The Kier molecular flexibility index (Phi) is 6.38. The number of nitrogens with one attached hydrogen (secondary N) is 1. The molecule has 3 rings (SSSR count). The molecule has 1 unspecified atom stereocenters. The predicted octanol–water partition coefficient (Wildman–Crippen LogP) is 2.59. The summed E-state index contributed by atoms with van der Waals surface area (Å²) in [7, 11) is 3.20. The SMILES string of the molecule is COc1ccc(NC(=O)C(C)N2CCN(C3CCCC3)CC2)c(OC)c1. The minimum atomic E-state index is -0.160. The van der Waals surface area contributed by atoms with Crippen molar-refractivity contribution in [1.29, 1.82) is 0 Å². The Labute approximate surface area is 156 Å². The third kappa shape index (κ3) is 4.30. The van der Waals surface area contributed by atoms with Crippen LogP contribution in [0.15, 0.2) is 18.2 Å². The quantitative estimate of drug-likeness (QED) is 0.844. The largest absolute Gasteiger partial charge is 0.497 e. The number of hydrogen-bond donors (Lipinski definition) is 1. The average Bonchev–Trinajstić information content (AvgIpc) is 3.22. The fraction of sp³-hybridized carbons (Fsp3) is 0.650. The molecule has 1 N–H and O–H groups in total. The lowest BCUT2D eigenvalue weighted by molar-refractivity contribution is -0.121. The molecule has 144 valence electrons. The van der Waals surface area contributed by atoms with E-state index in [1.54, 1.807) is 20.3 Å². The normalized spacial score (nSPS) is 20.7. The number of piperazine rings is 1. The molecule has 0 aromatic heterocycles. The van der Waals surface area contributed by atoms with Gasteiger partial charge in [-0.1, -0.05) is 12.8 Å². The fourth-order valence-corrected chi connectivity index (χ4v) is 4.06. The van der Waals surface area contributed by atoms with Gasteiger partial charge in [0.2, 0.25) is 5.91 Å². The lowest BCUT2D eigenvalue weighted by Gasteiger charge is -2.40. The molecular weight excluding hydrogens is 330 g/mol. The van der Waals surface area contributed by atoms with E-state index in [4.69, 9.17) is 9.47 Å². The summed E-state index contributed by atoms with van der Waals surface area (Å²) >= 11 is 0. The van der Waals surface area contributed by atoms with Gasteiger partial charge in [0.1, 0.15) is 11.5 Å². The summed E-state index contributed by atoms with van der Waals surface area (Å²) in [4.78, 5) is 17.6. The summed E-state index contributed by atoms with van der Waals surface area (Å²) in [6.07, 6.45) is 5.42. The molecule has 0 bridgehead atoms. The summed E-state index contributed by atoms with van der Waals surface area (Å²) in [6.45, 7) is 6.01. The van der Waals surface area contributed by atoms with E-state index in [2.05, 4.69) is 15.1 Å². The molecule has 1 atom stereocenters. The Morgan fingerprint density at radius 1 is 1.12 bits per heavy atom. The first-order chi connectivity index (χ1) is 12.6. The molecule has 1 aliphatic heterocycles. The lowest BCUT2D eigenvalue weighted by atomic mass is 10.1. The van der Waals surface area contributed by atoms with Gasteiger partial charge in [-0.25, -0.2) is 0 Å². The van der Waals surface area contributed by atoms with Crippen LogP contribution >= 0.6 is 0 Å². The maximum atomic E-state index is 12.7. The minimum absolute atomic E-state index is 0.00258. The number of hydrogen-bond acceptors (Lipinski definition) is 5. The van der Waals surface area contributed by atoms with Crippen molar-refractivity contribution in [3.8, 4) is 11.5 Å². The highest BCUT2D eigenvalue weighted by atomic mass is 16.5. The fourth-order valence-electron chi connectivity index (χ4n) is 4.06. The summed E-state index contributed by atoms with van der Waals surface area (Å²) in [6, 6.07) is 6.03. The van der Waals surface area contributed by atoms with Gasteiger partial charge >= 0.3 is 0 Å². The van der Waals surface area contributed by atoms with Crippen LogP contribution in [0.3, 0.4) is 0 Å². The number of nitrogens with zero attached hydrogens (tertiary/aromatic N) is 2. The Bertz CT molecular complexity index is 608. The highest BCUT2D eigenvalue weighted by Crippen LogP contribution is 2.29. The van der Waals surface area contributed by atoms with E-state index in [0.29, 0.717) is 17.2 Å². The highest BCUT2D eigenvalue weighted by molar-refractivity contribution is 5.96. The number of methoxy groups -OCH3 is 2. The summed E-state index contributed by atoms with van der Waals surface area (Å²) in [5, 5.41) is 3.00. The van der Waals surface area contributed by atoms with Gasteiger partial charge in [-0.05, 0) is 31.9 Å². The van der Waals surface area contributed by atoms with Crippen LogP contribution in [0.5, 0.6) is 11.5 Å². The average molecular weight is 361 g/mol. The number of amides is 1. The van der Waals surface area contributed by atoms with Gasteiger partial charge in [0.15, 0.2) is 0 Å². The number of ether oxygens (including phenoxy) is 2. The van der Waals surface area contributed by atoms with Crippen LogP contribution in [-0.2, 0) is 4.79 Å². The molecule has 1 aliphatic carbocycles. The predicted molar refractivity (Wildman–Crippen MR) is 103 cm³/mol. The number of carbonyl (C=O) groups excluding carboxylic acids is 1. The number of rotatable bonds is 6. The molecule has 6 heteroatoms. The van der Waals surface area contributed by atoms with Crippen molar-refractivity contribution in [3.05, 3.63) is 18.2 Å². The van der Waals surface area contributed by atoms with Crippen molar-refractivity contribution in [3.63, 3.8) is 0 Å². The Morgan fingerprint density at radius 2 is 1.81 bits per heavy atom. The minimum Gasteiger partial charge on any atom is -0.497 e. The van der Waals surface area contributed by atoms with E-state index >= 15 is 0 Å². The van der Waals surface area contributed by atoms with Crippen LogP contribution in [0, 0.1) is 0 Å². The highest BCUT2D eigenvalue weighted by Gasteiger charge is 2.30. The molecular formula is C20H31N3O3. The van der Waals surface area contributed by atoms with Crippen LogP contribution in [0.1, 0.15) is 32.6 Å². The van der Waals surface area contributed by atoms with Crippen molar-refractivity contribution in [2.24, 2.45) is 0 Å². The molecule has 1 aromatic carbocycles. The van der Waals surface area contributed by atoms with Crippen LogP contribution in [0.2, 0.25) is 0 Å². The smallest absolute Gasteiger partial charge is 0.241 e. The first-order valence-corrected chi connectivity index (χ1v) is 9.63. The standard InChI is InChI=1S/C20H31N3O3/c1-15(22-10-12-23(13-11-22)16-6-4-5-7-16)20(24)21-18-9-8-17(25-2)14-19(18)26-3/h8-9,14-16H,4-7,10-13H2,1-3H3,(H,21,24). The second-order valence-electron chi connectivity index (χ2n) is 7.24. The first kappa shape index (κ1) is 19.0. The van der Waals surface area contributed by atoms with Crippen LogP contribution in [-0.4, -0.2) is 68.2 Å². The van der Waals surface area contributed by atoms with Crippen LogP contribution in [0.25, 0.3) is 0 Å². The summed E-state index contributed by atoms with van der Waals surface area (Å²) in [5.74, 6) is 1.31. The van der Waals surface area contributed by atoms with E-state index < -0.39 is 0 Å². The second-order valence-corrected chi connectivity index (χ2v) is 7.24. The van der Waals surface area contributed by atoms with E-state index in [1.165, 1.54) is 25.7 Å². The summed E-state index contributed by atoms with van der Waals surface area (Å²) in [5.41, 5.74) is 0.676. The van der Waals surface area contributed by atoms with Gasteiger partial charge < -0.3 is 14.8 Å².